The van der Waals surface area contributed by atoms with Crippen LogP contribution in [0.25, 0.3) is 0 Å². The van der Waals surface area contributed by atoms with Crippen LogP contribution < -0.4 is 11.1 Å². The summed E-state index contributed by atoms with van der Waals surface area (Å²) in [5.74, 6) is 0.262. The lowest BCUT2D eigenvalue weighted by atomic mass is 10.1. The van der Waals surface area contributed by atoms with Gasteiger partial charge in [-0.15, -0.1) is 10.2 Å². The minimum absolute atomic E-state index is 0.425. The summed E-state index contributed by atoms with van der Waals surface area (Å²) in [7, 11) is 0. The Bertz CT molecular complexity index is 913. The van der Waals surface area contributed by atoms with Crippen LogP contribution in [-0.4, -0.2) is 16.1 Å². The molecule has 0 fully saturated rings. The minimum atomic E-state index is -0.425. The Kier molecular flexibility index (Phi) is 5.57. The second-order valence-electron chi connectivity index (χ2n) is 5.32. The maximum Gasteiger partial charge on any atom is 0.248 e. The quantitative estimate of drug-likeness (QED) is 0.599. The van der Waals surface area contributed by atoms with E-state index < -0.39 is 5.91 Å². The number of primary amides is 1. The Balaban J connectivity index is 1.62. The fraction of sp³-hybridized carbons (Fsp3) is 0.118. The first-order valence-corrected chi connectivity index (χ1v) is 9.57. The number of thioether (sulfide) groups is 1. The van der Waals surface area contributed by atoms with Crippen LogP contribution in [0.4, 0.5) is 10.8 Å². The van der Waals surface area contributed by atoms with Gasteiger partial charge < -0.3 is 11.1 Å². The van der Waals surface area contributed by atoms with Gasteiger partial charge in [-0.2, -0.15) is 0 Å². The lowest BCUT2D eigenvalue weighted by molar-refractivity contribution is 0.1000. The van der Waals surface area contributed by atoms with Gasteiger partial charge in [0.05, 0.1) is 0 Å². The molecule has 0 atom stereocenters. The Labute approximate surface area is 158 Å². The zero-order valence-corrected chi connectivity index (χ0v) is 15.7. The van der Waals surface area contributed by atoms with Gasteiger partial charge in [-0.25, -0.2) is 0 Å². The smallest absolute Gasteiger partial charge is 0.248 e. The van der Waals surface area contributed by atoms with Crippen LogP contribution in [0, 0.1) is 6.92 Å². The lowest BCUT2D eigenvalue weighted by Gasteiger charge is -2.04. The topological polar surface area (TPSA) is 80.9 Å². The number of anilines is 2. The van der Waals surface area contributed by atoms with Crippen LogP contribution in [0.1, 0.15) is 21.5 Å². The number of halogens is 1. The summed E-state index contributed by atoms with van der Waals surface area (Å²) >= 11 is 9.15. The van der Waals surface area contributed by atoms with Gasteiger partial charge in [0.25, 0.3) is 0 Å². The molecule has 0 aliphatic rings. The van der Waals surface area contributed by atoms with Crippen molar-refractivity contribution in [1.29, 1.82) is 0 Å². The van der Waals surface area contributed by atoms with Gasteiger partial charge in [0.1, 0.15) is 0 Å². The predicted octanol–water partition coefficient (Wildman–Crippen LogP) is 4.63. The van der Waals surface area contributed by atoms with Crippen molar-refractivity contribution in [3.05, 3.63) is 64.2 Å². The van der Waals surface area contributed by atoms with Gasteiger partial charge in [0.15, 0.2) is 4.34 Å². The molecule has 1 amide bonds. The summed E-state index contributed by atoms with van der Waals surface area (Å²) in [5, 5.41) is 12.9. The third kappa shape index (κ3) is 4.72. The van der Waals surface area contributed by atoms with Crippen LogP contribution in [-0.2, 0) is 5.75 Å². The number of aromatic nitrogens is 2. The van der Waals surface area contributed by atoms with Gasteiger partial charge in [-0.3, -0.25) is 4.79 Å². The molecule has 0 aliphatic carbocycles. The molecule has 25 heavy (non-hydrogen) atoms. The van der Waals surface area contributed by atoms with Gasteiger partial charge >= 0.3 is 0 Å². The fourth-order valence-corrected chi connectivity index (χ4v) is 3.97. The first kappa shape index (κ1) is 17.7. The Morgan fingerprint density at radius 1 is 1.28 bits per heavy atom. The van der Waals surface area contributed by atoms with Crippen molar-refractivity contribution >= 4 is 51.4 Å². The predicted molar refractivity (Wildman–Crippen MR) is 104 cm³/mol. The highest BCUT2D eigenvalue weighted by Gasteiger charge is 2.08. The average Bonchev–Trinajstić information content (AvgIpc) is 3.04. The van der Waals surface area contributed by atoms with E-state index in [2.05, 4.69) is 15.5 Å². The first-order chi connectivity index (χ1) is 12.0. The molecule has 5 nitrogen and oxygen atoms in total. The maximum absolute atomic E-state index is 11.2. The van der Waals surface area contributed by atoms with Crippen molar-refractivity contribution in [2.45, 2.75) is 17.0 Å². The molecular formula is C17H15ClN4OS2. The summed E-state index contributed by atoms with van der Waals surface area (Å²) in [4.78, 5) is 11.2. The van der Waals surface area contributed by atoms with E-state index in [1.165, 1.54) is 11.3 Å². The van der Waals surface area contributed by atoms with Crippen LogP contribution in [0.3, 0.4) is 0 Å². The van der Waals surface area contributed by atoms with Crippen LogP contribution >= 0.6 is 34.7 Å². The molecule has 3 rings (SSSR count). The number of nitrogens with one attached hydrogen (secondary N) is 1. The molecule has 0 saturated carbocycles. The van der Waals surface area contributed by atoms with E-state index in [0.29, 0.717) is 21.5 Å². The molecule has 1 heterocycles. The SMILES string of the molecule is Cc1ccc(Nc2nnc(SCc3cccc(C(N)=O)c3)s2)cc1Cl. The highest BCUT2D eigenvalue weighted by Crippen LogP contribution is 2.31. The van der Waals surface area contributed by atoms with Gasteiger partial charge in [-0.05, 0) is 42.3 Å². The second kappa shape index (κ2) is 7.86. The molecular weight excluding hydrogens is 376 g/mol. The fourth-order valence-electron chi connectivity index (χ4n) is 2.07. The van der Waals surface area contributed by atoms with Crippen molar-refractivity contribution in [3.8, 4) is 0 Å². The number of amides is 1. The number of carbonyl (C=O) groups excluding carboxylic acids is 1. The molecule has 3 N–H and O–H groups in total. The van der Waals surface area contributed by atoms with Crippen LogP contribution in [0.5, 0.6) is 0 Å². The normalized spacial score (nSPS) is 10.6. The van der Waals surface area contributed by atoms with Crippen LogP contribution in [0.15, 0.2) is 46.8 Å². The Hall–Kier alpha value is -2.09. The lowest BCUT2D eigenvalue weighted by Crippen LogP contribution is -2.10. The number of hydrogen-bond donors (Lipinski definition) is 2. The summed E-state index contributed by atoms with van der Waals surface area (Å²) in [5.41, 5.74) is 8.72. The number of nitrogens with zero attached hydrogens (tertiary/aromatic N) is 2. The monoisotopic (exact) mass is 390 g/mol. The van der Waals surface area contributed by atoms with Crippen molar-refractivity contribution in [2.75, 3.05) is 5.32 Å². The largest absolute Gasteiger partial charge is 0.366 e. The van der Waals surface area contributed by atoms with E-state index in [9.17, 15) is 4.79 Å². The highest BCUT2D eigenvalue weighted by atomic mass is 35.5. The summed E-state index contributed by atoms with van der Waals surface area (Å²) in [6, 6.07) is 13.0. The zero-order chi connectivity index (χ0) is 17.8. The molecule has 0 unspecified atom stereocenters. The van der Waals surface area contributed by atoms with Crippen molar-refractivity contribution < 1.29 is 4.79 Å². The molecule has 8 heteroatoms. The molecule has 0 radical (unpaired) electrons. The molecule has 128 valence electrons. The van der Waals surface area contributed by atoms with Gasteiger partial charge in [0, 0.05) is 22.0 Å². The van der Waals surface area contributed by atoms with Gasteiger partial charge in [0.2, 0.25) is 11.0 Å². The van der Waals surface area contributed by atoms with Crippen molar-refractivity contribution in [3.63, 3.8) is 0 Å². The minimum Gasteiger partial charge on any atom is -0.366 e. The number of aryl methyl sites for hydroxylation is 1. The number of benzene rings is 2. The highest BCUT2D eigenvalue weighted by molar-refractivity contribution is 8.00. The first-order valence-electron chi connectivity index (χ1n) is 7.39. The average molecular weight is 391 g/mol. The molecule has 0 saturated heterocycles. The van der Waals surface area contributed by atoms with Crippen molar-refractivity contribution in [1.82, 2.24) is 10.2 Å². The standard InChI is InChI=1S/C17H15ClN4OS2/c1-10-5-6-13(8-14(10)18)20-16-21-22-17(25-16)24-9-11-3-2-4-12(7-11)15(19)23/h2-8H,9H2,1H3,(H2,19,23)(H,20,21). The Morgan fingerprint density at radius 2 is 2.12 bits per heavy atom. The van der Waals surface area contributed by atoms with E-state index in [4.69, 9.17) is 17.3 Å². The number of hydrogen-bond acceptors (Lipinski definition) is 6. The summed E-state index contributed by atoms with van der Waals surface area (Å²) < 4.78 is 0.838. The van der Waals surface area contributed by atoms with E-state index >= 15 is 0 Å². The Morgan fingerprint density at radius 3 is 2.88 bits per heavy atom. The van der Waals surface area contributed by atoms with Crippen LogP contribution in [0.2, 0.25) is 5.02 Å². The molecule has 0 spiro atoms. The van der Waals surface area contributed by atoms with Crippen molar-refractivity contribution in [2.24, 2.45) is 5.73 Å². The molecule has 1 aromatic heterocycles. The van der Waals surface area contributed by atoms with E-state index in [1.807, 2.05) is 37.3 Å². The summed E-state index contributed by atoms with van der Waals surface area (Å²) in [6.45, 7) is 1.96. The maximum atomic E-state index is 11.2. The molecule has 2 aromatic carbocycles. The third-order valence-electron chi connectivity index (χ3n) is 3.40. The molecule has 3 aromatic rings. The number of nitrogens with two attached hydrogens (primary N) is 1. The molecule has 0 aliphatic heterocycles. The number of rotatable bonds is 6. The summed E-state index contributed by atoms with van der Waals surface area (Å²) in [6.07, 6.45) is 0. The second-order valence-corrected chi connectivity index (χ2v) is 7.92. The number of carbonyl (C=O) groups is 1. The van der Waals surface area contributed by atoms with E-state index in [0.717, 1.165) is 21.2 Å². The van der Waals surface area contributed by atoms with E-state index in [-0.39, 0.29) is 0 Å². The third-order valence-corrected chi connectivity index (χ3v) is 5.85. The van der Waals surface area contributed by atoms with E-state index in [1.54, 1.807) is 23.9 Å². The zero-order valence-electron chi connectivity index (χ0n) is 13.3. The van der Waals surface area contributed by atoms with Gasteiger partial charge in [-0.1, -0.05) is 52.9 Å². The molecule has 0 bridgehead atoms.